The fourth-order valence-electron chi connectivity index (χ4n) is 1.66. The molecule has 0 unspecified atom stereocenters. The molecule has 0 aromatic carbocycles. The molecule has 1 heterocycles. The first-order valence-electron chi connectivity index (χ1n) is 5.50. The number of carbonyl (C=O) groups is 1. The summed E-state index contributed by atoms with van der Waals surface area (Å²) in [6, 6.07) is 0. The van der Waals surface area contributed by atoms with Crippen molar-refractivity contribution in [1.29, 1.82) is 0 Å². The third kappa shape index (κ3) is 3.47. The first-order valence-corrected chi connectivity index (χ1v) is 5.50. The number of amides is 1. The molecule has 4 nitrogen and oxygen atoms in total. The second-order valence-corrected chi connectivity index (χ2v) is 4.92. The predicted molar refractivity (Wildman–Crippen MR) is 59.6 cm³/mol. The normalized spacial score (nSPS) is 26.7. The standard InChI is InChI=1S/C11H22N2O2/c1-8-5-12-6-9(8)10(14)13-7-11(2,3)15-4/h8-9,12H,5-7H2,1-4H3,(H,13,14)/t8-,9-/m1/s1. The molecule has 1 aliphatic heterocycles. The van der Waals surface area contributed by atoms with Crippen LogP contribution in [0.5, 0.6) is 0 Å². The monoisotopic (exact) mass is 214 g/mol. The highest BCUT2D eigenvalue weighted by molar-refractivity contribution is 5.79. The number of methoxy groups -OCH3 is 1. The van der Waals surface area contributed by atoms with Crippen molar-refractivity contribution in [2.24, 2.45) is 11.8 Å². The molecular formula is C11H22N2O2. The van der Waals surface area contributed by atoms with Gasteiger partial charge in [-0.25, -0.2) is 0 Å². The first kappa shape index (κ1) is 12.5. The van der Waals surface area contributed by atoms with Crippen LogP contribution in [0.3, 0.4) is 0 Å². The Morgan fingerprint density at radius 1 is 1.53 bits per heavy atom. The van der Waals surface area contributed by atoms with Crippen molar-refractivity contribution in [3.05, 3.63) is 0 Å². The summed E-state index contributed by atoms with van der Waals surface area (Å²) in [4.78, 5) is 11.8. The quantitative estimate of drug-likeness (QED) is 0.711. The lowest BCUT2D eigenvalue weighted by Crippen LogP contribution is -2.43. The van der Waals surface area contributed by atoms with Crippen LogP contribution in [0.1, 0.15) is 20.8 Å². The van der Waals surface area contributed by atoms with Crippen LogP contribution in [0.4, 0.5) is 0 Å². The van der Waals surface area contributed by atoms with E-state index in [4.69, 9.17) is 4.74 Å². The summed E-state index contributed by atoms with van der Waals surface area (Å²) in [5.41, 5.74) is -0.287. The van der Waals surface area contributed by atoms with Gasteiger partial charge in [0.2, 0.25) is 5.91 Å². The average Bonchev–Trinajstić information content (AvgIpc) is 2.61. The van der Waals surface area contributed by atoms with Gasteiger partial charge in [0.25, 0.3) is 0 Å². The molecule has 2 atom stereocenters. The van der Waals surface area contributed by atoms with Gasteiger partial charge >= 0.3 is 0 Å². The molecule has 0 aromatic heterocycles. The SMILES string of the molecule is COC(C)(C)CNC(=O)[C@@H]1CNC[C@H]1C. The van der Waals surface area contributed by atoms with Gasteiger partial charge in [-0.15, -0.1) is 0 Å². The maximum atomic E-state index is 11.8. The van der Waals surface area contributed by atoms with Crippen LogP contribution in [-0.4, -0.2) is 38.3 Å². The molecule has 1 amide bonds. The molecular weight excluding hydrogens is 192 g/mol. The minimum Gasteiger partial charge on any atom is -0.377 e. The highest BCUT2D eigenvalue weighted by atomic mass is 16.5. The van der Waals surface area contributed by atoms with E-state index in [1.54, 1.807) is 7.11 Å². The van der Waals surface area contributed by atoms with Crippen molar-refractivity contribution in [3.63, 3.8) is 0 Å². The summed E-state index contributed by atoms with van der Waals surface area (Å²) >= 11 is 0. The third-order valence-electron chi connectivity index (χ3n) is 3.10. The topological polar surface area (TPSA) is 50.4 Å². The van der Waals surface area contributed by atoms with Crippen molar-refractivity contribution in [2.75, 3.05) is 26.7 Å². The molecule has 2 N–H and O–H groups in total. The van der Waals surface area contributed by atoms with Gasteiger partial charge in [0, 0.05) is 20.2 Å². The van der Waals surface area contributed by atoms with Crippen LogP contribution >= 0.6 is 0 Å². The van der Waals surface area contributed by atoms with Crippen molar-refractivity contribution in [2.45, 2.75) is 26.4 Å². The van der Waals surface area contributed by atoms with E-state index in [2.05, 4.69) is 17.6 Å². The highest BCUT2D eigenvalue weighted by Crippen LogP contribution is 2.16. The van der Waals surface area contributed by atoms with Crippen LogP contribution < -0.4 is 10.6 Å². The van der Waals surface area contributed by atoms with Gasteiger partial charge in [0.1, 0.15) is 0 Å². The zero-order valence-corrected chi connectivity index (χ0v) is 10.1. The lowest BCUT2D eigenvalue weighted by molar-refractivity contribution is -0.126. The minimum atomic E-state index is -0.287. The Hall–Kier alpha value is -0.610. The number of ether oxygens (including phenoxy) is 1. The van der Waals surface area contributed by atoms with Crippen LogP contribution in [0.15, 0.2) is 0 Å². The summed E-state index contributed by atoms with van der Waals surface area (Å²) in [5.74, 6) is 0.672. The fourth-order valence-corrected chi connectivity index (χ4v) is 1.66. The van der Waals surface area contributed by atoms with Gasteiger partial charge in [-0.05, 0) is 26.3 Å². The van der Waals surface area contributed by atoms with E-state index in [0.717, 1.165) is 13.1 Å². The lowest BCUT2D eigenvalue weighted by atomic mass is 9.97. The first-order chi connectivity index (χ1) is 6.96. The van der Waals surface area contributed by atoms with Crippen LogP contribution in [0.25, 0.3) is 0 Å². The van der Waals surface area contributed by atoms with E-state index in [0.29, 0.717) is 12.5 Å². The summed E-state index contributed by atoms with van der Waals surface area (Å²) in [6.45, 7) is 8.32. The average molecular weight is 214 g/mol. The Bertz CT molecular complexity index is 229. The predicted octanol–water partition coefficient (Wildman–Crippen LogP) is 0.383. The van der Waals surface area contributed by atoms with Crippen molar-refractivity contribution < 1.29 is 9.53 Å². The Kier molecular flexibility index (Phi) is 4.11. The molecule has 0 saturated carbocycles. The van der Waals surface area contributed by atoms with Crippen LogP contribution in [0, 0.1) is 11.8 Å². The molecule has 0 aromatic rings. The summed E-state index contributed by atoms with van der Waals surface area (Å²) < 4.78 is 5.25. The van der Waals surface area contributed by atoms with Gasteiger partial charge in [-0.2, -0.15) is 0 Å². The van der Waals surface area contributed by atoms with Gasteiger partial charge in [0.15, 0.2) is 0 Å². The number of rotatable bonds is 4. The zero-order valence-electron chi connectivity index (χ0n) is 10.1. The molecule has 1 saturated heterocycles. The maximum absolute atomic E-state index is 11.8. The molecule has 0 bridgehead atoms. The summed E-state index contributed by atoms with van der Waals surface area (Å²) in [6.07, 6.45) is 0. The Morgan fingerprint density at radius 3 is 2.67 bits per heavy atom. The Labute approximate surface area is 91.8 Å². The molecule has 0 aliphatic carbocycles. The number of hydrogen-bond acceptors (Lipinski definition) is 3. The fraction of sp³-hybridized carbons (Fsp3) is 0.909. The van der Waals surface area contributed by atoms with Gasteiger partial charge < -0.3 is 15.4 Å². The second-order valence-electron chi connectivity index (χ2n) is 4.92. The molecule has 1 rings (SSSR count). The molecule has 0 spiro atoms. The molecule has 88 valence electrons. The van der Waals surface area contributed by atoms with E-state index in [1.807, 2.05) is 13.8 Å². The van der Waals surface area contributed by atoms with E-state index >= 15 is 0 Å². The van der Waals surface area contributed by atoms with Crippen LogP contribution in [-0.2, 0) is 9.53 Å². The van der Waals surface area contributed by atoms with Gasteiger partial charge in [0.05, 0.1) is 11.5 Å². The Balaban J connectivity index is 2.36. The summed E-state index contributed by atoms with van der Waals surface area (Å²) in [5, 5.41) is 6.16. The van der Waals surface area contributed by atoms with E-state index in [1.165, 1.54) is 0 Å². The highest BCUT2D eigenvalue weighted by Gasteiger charge is 2.30. The zero-order chi connectivity index (χ0) is 11.5. The molecule has 4 heteroatoms. The summed E-state index contributed by atoms with van der Waals surface area (Å²) in [7, 11) is 1.66. The third-order valence-corrected chi connectivity index (χ3v) is 3.10. The number of nitrogens with one attached hydrogen (secondary N) is 2. The minimum absolute atomic E-state index is 0.109. The Morgan fingerprint density at radius 2 is 2.20 bits per heavy atom. The van der Waals surface area contributed by atoms with Crippen molar-refractivity contribution in [3.8, 4) is 0 Å². The van der Waals surface area contributed by atoms with E-state index in [-0.39, 0.29) is 17.4 Å². The van der Waals surface area contributed by atoms with Gasteiger partial charge in [-0.3, -0.25) is 4.79 Å². The molecule has 15 heavy (non-hydrogen) atoms. The number of carbonyl (C=O) groups excluding carboxylic acids is 1. The smallest absolute Gasteiger partial charge is 0.224 e. The molecule has 1 fully saturated rings. The molecule has 0 radical (unpaired) electrons. The number of hydrogen-bond donors (Lipinski definition) is 2. The van der Waals surface area contributed by atoms with Crippen molar-refractivity contribution in [1.82, 2.24) is 10.6 Å². The lowest BCUT2D eigenvalue weighted by Gasteiger charge is -2.24. The van der Waals surface area contributed by atoms with E-state index in [9.17, 15) is 4.79 Å². The second kappa shape index (κ2) is 4.94. The molecule has 1 aliphatic rings. The largest absolute Gasteiger partial charge is 0.377 e. The maximum Gasteiger partial charge on any atom is 0.224 e. The van der Waals surface area contributed by atoms with E-state index < -0.39 is 0 Å². The van der Waals surface area contributed by atoms with Crippen LogP contribution in [0.2, 0.25) is 0 Å². The van der Waals surface area contributed by atoms with Crippen molar-refractivity contribution >= 4 is 5.91 Å². The van der Waals surface area contributed by atoms with Gasteiger partial charge in [-0.1, -0.05) is 6.92 Å².